The summed E-state index contributed by atoms with van der Waals surface area (Å²) in [4.78, 5) is 11.7. The van der Waals surface area contributed by atoms with Crippen molar-refractivity contribution in [1.82, 2.24) is 0 Å². The Morgan fingerprint density at radius 2 is 2.00 bits per heavy atom. The van der Waals surface area contributed by atoms with Gasteiger partial charge in [0.05, 0.1) is 33.0 Å². The molecule has 1 aromatic rings. The zero-order valence-electron chi connectivity index (χ0n) is 10.1. The highest BCUT2D eigenvalue weighted by molar-refractivity contribution is 5.92. The minimum atomic E-state index is -0.488. The lowest BCUT2D eigenvalue weighted by molar-refractivity contribution is 0.0522. The molecular weight excluding hydrogens is 224 g/mol. The minimum absolute atomic E-state index is 0.276. The summed E-state index contributed by atoms with van der Waals surface area (Å²) in [6, 6.07) is 3.15. The highest BCUT2D eigenvalue weighted by Gasteiger charge is 2.19. The molecule has 94 valence electrons. The molecule has 0 amide bonds. The van der Waals surface area contributed by atoms with Crippen molar-refractivity contribution in [2.45, 2.75) is 13.5 Å². The van der Waals surface area contributed by atoms with E-state index in [1.165, 1.54) is 14.2 Å². The molecule has 0 atom stereocenters. The molecular formula is C12H16O5. The van der Waals surface area contributed by atoms with Crippen molar-refractivity contribution >= 4 is 5.97 Å². The van der Waals surface area contributed by atoms with Crippen molar-refractivity contribution in [2.24, 2.45) is 0 Å². The fourth-order valence-electron chi connectivity index (χ4n) is 1.55. The van der Waals surface area contributed by atoms with Crippen molar-refractivity contribution < 1.29 is 24.1 Å². The number of benzene rings is 1. The molecule has 0 aliphatic heterocycles. The van der Waals surface area contributed by atoms with E-state index in [1.54, 1.807) is 19.1 Å². The number of carbonyl (C=O) groups excluding carboxylic acids is 1. The Kier molecular flexibility index (Phi) is 4.78. The van der Waals surface area contributed by atoms with E-state index in [0.717, 1.165) is 0 Å². The zero-order valence-corrected chi connectivity index (χ0v) is 10.1. The van der Waals surface area contributed by atoms with Crippen LogP contribution in [0.15, 0.2) is 12.1 Å². The number of aliphatic hydroxyl groups is 1. The van der Waals surface area contributed by atoms with Crippen molar-refractivity contribution in [3.8, 4) is 11.5 Å². The van der Waals surface area contributed by atoms with Crippen LogP contribution in [0.25, 0.3) is 0 Å². The van der Waals surface area contributed by atoms with Gasteiger partial charge in [0.25, 0.3) is 0 Å². The Hall–Kier alpha value is -1.75. The van der Waals surface area contributed by atoms with Crippen LogP contribution in [0.3, 0.4) is 0 Å². The van der Waals surface area contributed by atoms with E-state index in [0.29, 0.717) is 17.1 Å². The molecule has 0 aliphatic carbocycles. The highest BCUT2D eigenvalue weighted by atomic mass is 16.5. The predicted octanol–water partition coefficient (Wildman–Crippen LogP) is 1.37. The fourth-order valence-corrected chi connectivity index (χ4v) is 1.55. The van der Waals surface area contributed by atoms with Gasteiger partial charge in [-0.05, 0) is 19.1 Å². The van der Waals surface area contributed by atoms with Crippen LogP contribution >= 0.6 is 0 Å². The van der Waals surface area contributed by atoms with Crippen LogP contribution in [-0.2, 0) is 11.3 Å². The van der Waals surface area contributed by atoms with Gasteiger partial charge < -0.3 is 19.3 Å². The third kappa shape index (κ3) is 2.68. The van der Waals surface area contributed by atoms with Crippen LogP contribution < -0.4 is 9.47 Å². The summed E-state index contributed by atoms with van der Waals surface area (Å²) in [7, 11) is 2.94. The van der Waals surface area contributed by atoms with E-state index in [9.17, 15) is 9.90 Å². The largest absolute Gasteiger partial charge is 0.493 e. The maximum Gasteiger partial charge on any atom is 0.338 e. The number of hydrogen-bond donors (Lipinski definition) is 1. The Bertz CT molecular complexity index is 400. The second-order valence-electron chi connectivity index (χ2n) is 3.21. The number of rotatable bonds is 5. The monoisotopic (exact) mass is 240 g/mol. The standard InChI is InChI=1S/C12H16O5/c1-4-17-12(14)8-5-6-10(15-2)11(16-3)9(8)7-13/h5-6,13H,4,7H2,1-3H3. The molecule has 1 N–H and O–H groups in total. The van der Waals surface area contributed by atoms with Crippen LogP contribution in [0.1, 0.15) is 22.8 Å². The van der Waals surface area contributed by atoms with E-state index in [1.807, 2.05) is 0 Å². The molecule has 0 aliphatic rings. The molecule has 0 heterocycles. The van der Waals surface area contributed by atoms with E-state index >= 15 is 0 Å². The van der Waals surface area contributed by atoms with Crippen LogP contribution in [0, 0.1) is 0 Å². The average Bonchev–Trinajstić information content (AvgIpc) is 2.36. The molecule has 0 fully saturated rings. The number of carbonyl (C=O) groups is 1. The van der Waals surface area contributed by atoms with Crippen molar-refractivity contribution in [3.05, 3.63) is 23.3 Å². The van der Waals surface area contributed by atoms with Crippen LogP contribution in [0.4, 0.5) is 0 Å². The molecule has 5 nitrogen and oxygen atoms in total. The van der Waals surface area contributed by atoms with Crippen LogP contribution in [0.2, 0.25) is 0 Å². The first-order valence-corrected chi connectivity index (χ1v) is 5.21. The maximum atomic E-state index is 11.7. The molecule has 1 rings (SSSR count). The van der Waals surface area contributed by atoms with Gasteiger partial charge in [-0.3, -0.25) is 0 Å². The SMILES string of the molecule is CCOC(=O)c1ccc(OC)c(OC)c1CO. The molecule has 0 aromatic heterocycles. The second-order valence-corrected chi connectivity index (χ2v) is 3.21. The molecule has 5 heteroatoms. The topological polar surface area (TPSA) is 65.0 Å². The molecule has 1 aromatic carbocycles. The normalized spacial score (nSPS) is 9.88. The molecule has 0 unspecified atom stereocenters. The zero-order chi connectivity index (χ0) is 12.8. The first-order valence-electron chi connectivity index (χ1n) is 5.21. The summed E-state index contributed by atoms with van der Waals surface area (Å²) in [5.74, 6) is 0.322. The van der Waals surface area contributed by atoms with Gasteiger partial charge in [0.2, 0.25) is 0 Å². The van der Waals surface area contributed by atoms with Crippen LogP contribution in [0.5, 0.6) is 11.5 Å². The second kappa shape index (κ2) is 6.10. The summed E-state index contributed by atoms with van der Waals surface area (Å²) in [6.07, 6.45) is 0. The maximum absolute atomic E-state index is 11.7. The lowest BCUT2D eigenvalue weighted by atomic mass is 10.1. The van der Waals surface area contributed by atoms with Crippen molar-refractivity contribution in [3.63, 3.8) is 0 Å². The molecule has 0 saturated carbocycles. The van der Waals surface area contributed by atoms with Gasteiger partial charge in [0.15, 0.2) is 11.5 Å². The van der Waals surface area contributed by atoms with E-state index in [4.69, 9.17) is 14.2 Å². The van der Waals surface area contributed by atoms with Gasteiger partial charge in [-0.2, -0.15) is 0 Å². The number of ether oxygens (including phenoxy) is 3. The Morgan fingerprint density at radius 3 is 2.47 bits per heavy atom. The van der Waals surface area contributed by atoms with E-state index < -0.39 is 5.97 Å². The van der Waals surface area contributed by atoms with Gasteiger partial charge in [0, 0.05) is 5.56 Å². The van der Waals surface area contributed by atoms with Gasteiger partial charge in [-0.15, -0.1) is 0 Å². The Labute approximate surface area is 99.9 Å². The van der Waals surface area contributed by atoms with E-state index in [-0.39, 0.29) is 18.8 Å². The summed E-state index contributed by atoms with van der Waals surface area (Å²) in [5, 5.41) is 9.32. The van der Waals surface area contributed by atoms with Gasteiger partial charge in [-0.25, -0.2) is 4.79 Å². The van der Waals surface area contributed by atoms with E-state index in [2.05, 4.69) is 0 Å². The fraction of sp³-hybridized carbons (Fsp3) is 0.417. The minimum Gasteiger partial charge on any atom is -0.493 e. The number of esters is 1. The number of aliphatic hydroxyl groups excluding tert-OH is 1. The molecule has 0 saturated heterocycles. The summed E-state index contributed by atoms with van der Waals surface area (Å²) in [5.41, 5.74) is 0.650. The Balaban J connectivity index is 3.27. The average molecular weight is 240 g/mol. The highest BCUT2D eigenvalue weighted by Crippen LogP contribution is 2.33. The number of methoxy groups -OCH3 is 2. The first kappa shape index (κ1) is 13.3. The van der Waals surface area contributed by atoms with Crippen molar-refractivity contribution in [1.29, 1.82) is 0 Å². The summed E-state index contributed by atoms with van der Waals surface area (Å²) in [6.45, 7) is 1.67. The lowest BCUT2D eigenvalue weighted by Crippen LogP contribution is -2.10. The lowest BCUT2D eigenvalue weighted by Gasteiger charge is -2.14. The van der Waals surface area contributed by atoms with Gasteiger partial charge >= 0.3 is 5.97 Å². The van der Waals surface area contributed by atoms with Crippen LogP contribution in [-0.4, -0.2) is 31.9 Å². The molecule has 0 spiro atoms. The van der Waals surface area contributed by atoms with Crippen molar-refractivity contribution in [2.75, 3.05) is 20.8 Å². The van der Waals surface area contributed by atoms with Gasteiger partial charge in [-0.1, -0.05) is 0 Å². The quantitative estimate of drug-likeness (QED) is 0.787. The molecule has 17 heavy (non-hydrogen) atoms. The number of hydrogen-bond acceptors (Lipinski definition) is 5. The third-order valence-electron chi connectivity index (χ3n) is 2.30. The molecule has 0 bridgehead atoms. The van der Waals surface area contributed by atoms with Gasteiger partial charge in [0.1, 0.15) is 0 Å². The third-order valence-corrected chi connectivity index (χ3v) is 2.30. The Morgan fingerprint density at radius 1 is 1.29 bits per heavy atom. The first-order chi connectivity index (χ1) is 8.19. The summed E-state index contributed by atoms with van der Waals surface area (Å²) < 4.78 is 15.1. The molecule has 0 radical (unpaired) electrons. The summed E-state index contributed by atoms with van der Waals surface area (Å²) >= 11 is 0. The smallest absolute Gasteiger partial charge is 0.338 e. The predicted molar refractivity (Wildman–Crippen MR) is 61.4 cm³/mol.